The van der Waals surface area contributed by atoms with Crippen molar-refractivity contribution in [1.82, 2.24) is 4.57 Å². The zero-order valence-corrected chi connectivity index (χ0v) is 11.2. The van der Waals surface area contributed by atoms with Crippen molar-refractivity contribution in [3.8, 4) is 11.5 Å². The maximum Gasteiger partial charge on any atom is 0.163 e. The second-order valence-electron chi connectivity index (χ2n) is 4.79. The van der Waals surface area contributed by atoms with E-state index < -0.39 is 0 Å². The standard InChI is InChI=1S/C15H19NO3/c1-2-11-10-16(4-3-5-17)13-9-15-14(8-12(11)13)18-6-7-19-15/h8-10,17H,2-7H2,1H3. The van der Waals surface area contributed by atoms with Gasteiger partial charge in [-0.05, 0) is 24.5 Å². The van der Waals surface area contributed by atoms with Gasteiger partial charge in [0, 0.05) is 30.8 Å². The number of hydrogen-bond acceptors (Lipinski definition) is 3. The molecule has 0 fully saturated rings. The summed E-state index contributed by atoms with van der Waals surface area (Å²) >= 11 is 0. The first-order valence-electron chi connectivity index (χ1n) is 6.85. The molecule has 0 amide bonds. The van der Waals surface area contributed by atoms with Gasteiger partial charge in [-0.25, -0.2) is 0 Å². The summed E-state index contributed by atoms with van der Waals surface area (Å²) in [5.41, 5.74) is 2.47. The Kier molecular flexibility index (Phi) is 3.34. The van der Waals surface area contributed by atoms with E-state index in [9.17, 15) is 0 Å². The Labute approximate surface area is 112 Å². The van der Waals surface area contributed by atoms with Gasteiger partial charge in [0.05, 0.1) is 5.52 Å². The van der Waals surface area contributed by atoms with E-state index in [1.54, 1.807) is 0 Å². The number of aliphatic hydroxyl groups is 1. The predicted molar refractivity (Wildman–Crippen MR) is 74.0 cm³/mol. The van der Waals surface area contributed by atoms with Gasteiger partial charge >= 0.3 is 0 Å². The monoisotopic (exact) mass is 261 g/mol. The molecule has 0 aliphatic carbocycles. The fraction of sp³-hybridized carbons (Fsp3) is 0.467. The highest BCUT2D eigenvalue weighted by Crippen LogP contribution is 2.36. The summed E-state index contributed by atoms with van der Waals surface area (Å²) in [5, 5.41) is 10.2. The van der Waals surface area contributed by atoms with Gasteiger partial charge in [0.2, 0.25) is 0 Å². The topological polar surface area (TPSA) is 43.6 Å². The second kappa shape index (κ2) is 5.13. The van der Waals surface area contributed by atoms with Gasteiger partial charge in [-0.3, -0.25) is 0 Å². The quantitative estimate of drug-likeness (QED) is 0.918. The molecule has 19 heavy (non-hydrogen) atoms. The van der Waals surface area contributed by atoms with Crippen molar-refractivity contribution in [2.24, 2.45) is 0 Å². The first-order valence-corrected chi connectivity index (χ1v) is 6.85. The van der Waals surface area contributed by atoms with Gasteiger partial charge < -0.3 is 19.1 Å². The van der Waals surface area contributed by atoms with Crippen molar-refractivity contribution < 1.29 is 14.6 Å². The molecule has 0 spiro atoms. The van der Waals surface area contributed by atoms with Gasteiger partial charge in [-0.15, -0.1) is 0 Å². The third-order valence-electron chi connectivity index (χ3n) is 3.57. The van der Waals surface area contributed by atoms with Crippen LogP contribution in [-0.2, 0) is 13.0 Å². The van der Waals surface area contributed by atoms with E-state index in [4.69, 9.17) is 14.6 Å². The lowest BCUT2D eigenvalue weighted by Gasteiger charge is -2.18. The van der Waals surface area contributed by atoms with Crippen LogP contribution in [-0.4, -0.2) is 29.5 Å². The van der Waals surface area contributed by atoms with Crippen LogP contribution in [0.2, 0.25) is 0 Å². The Morgan fingerprint density at radius 3 is 2.63 bits per heavy atom. The molecule has 102 valence electrons. The largest absolute Gasteiger partial charge is 0.486 e. The fourth-order valence-electron chi connectivity index (χ4n) is 2.61. The molecule has 1 aliphatic rings. The number of aryl methyl sites for hydroxylation is 2. The van der Waals surface area contributed by atoms with Crippen molar-refractivity contribution in [3.63, 3.8) is 0 Å². The summed E-state index contributed by atoms with van der Waals surface area (Å²) < 4.78 is 13.5. The predicted octanol–water partition coefficient (Wildman–Crippen LogP) is 2.36. The third kappa shape index (κ3) is 2.16. The van der Waals surface area contributed by atoms with Gasteiger partial charge in [0.15, 0.2) is 11.5 Å². The molecule has 4 nitrogen and oxygen atoms in total. The summed E-state index contributed by atoms with van der Waals surface area (Å²) in [6.07, 6.45) is 3.93. The number of nitrogens with zero attached hydrogens (tertiary/aromatic N) is 1. The van der Waals surface area contributed by atoms with E-state index in [1.165, 1.54) is 10.9 Å². The van der Waals surface area contributed by atoms with E-state index in [0.717, 1.165) is 36.4 Å². The summed E-state index contributed by atoms with van der Waals surface area (Å²) in [7, 11) is 0. The number of aliphatic hydroxyl groups excluding tert-OH is 1. The van der Waals surface area contributed by atoms with Crippen molar-refractivity contribution in [1.29, 1.82) is 0 Å². The number of ether oxygens (including phenoxy) is 2. The van der Waals surface area contributed by atoms with Crippen LogP contribution in [0.3, 0.4) is 0 Å². The van der Waals surface area contributed by atoms with Crippen molar-refractivity contribution in [2.75, 3.05) is 19.8 Å². The molecule has 1 aliphatic heterocycles. The van der Waals surface area contributed by atoms with Crippen LogP contribution in [0.15, 0.2) is 18.3 Å². The van der Waals surface area contributed by atoms with E-state index in [2.05, 4.69) is 29.8 Å². The minimum Gasteiger partial charge on any atom is -0.486 e. The summed E-state index contributed by atoms with van der Waals surface area (Å²) in [6.45, 7) is 4.42. The Hall–Kier alpha value is -1.68. The molecule has 2 aromatic rings. The number of rotatable bonds is 4. The molecule has 4 heteroatoms. The highest BCUT2D eigenvalue weighted by Gasteiger charge is 2.16. The van der Waals surface area contributed by atoms with Crippen LogP contribution >= 0.6 is 0 Å². The van der Waals surface area contributed by atoms with Crippen molar-refractivity contribution in [3.05, 3.63) is 23.9 Å². The van der Waals surface area contributed by atoms with Crippen LogP contribution in [0, 0.1) is 0 Å². The van der Waals surface area contributed by atoms with Gasteiger partial charge in [0.25, 0.3) is 0 Å². The number of hydrogen-bond donors (Lipinski definition) is 1. The SMILES string of the molecule is CCc1cn(CCCO)c2cc3c(cc12)OCCO3. The summed E-state index contributed by atoms with van der Waals surface area (Å²) in [4.78, 5) is 0. The third-order valence-corrected chi connectivity index (χ3v) is 3.57. The van der Waals surface area contributed by atoms with E-state index >= 15 is 0 Å². The molecule has 0 saturated heterocycles. The minimum atomic E-state index is 0.214. The van der Waals surface area contributed by atoms with Crippen LogP contribution in [0.5, 0.6) is 11.5 Å². The summed E-state index contributed by atoms with van der Waals surface area (Å²) in [6, 6.07) is 4.14. The molecule has 3 rings (SSSR count). The summed E-state index contributed by atoms with van der Waals surface area (Å²) in [5.74, 6) is 1.66. The lowest BCUT2D eigenvalue weighted by molar-refractivity contribution is 0.172. The molecular formula is C15H19NO3. The Balaban J connectivity index is 2.11. The molecule has 0 saturated carbocycles. The maximum absolute atomic E-state index is 9.00. The average molecular weight is 261 g/mol. The molecule has 0 bridgehead atoms. The minimum absolute atomic E-state index is 0.214. The number of benzene rings is 1. The maximum atomic E-state index is 9.00. The smallest absolute Gasteiger partial charge is 0.163 e. The van der Waals surface area contributed by atoms with Gasteiger partial charge in [0.1, 0.15) is 13.2 Å². The fourth-order valence-corrected chi connectivity index (χ4v) is 2.61. The lowest BCUT2D eigenvalue weighted by Crippen LogP contribution is -2.15. The molecule has 0 unspecified atom stereocenters. The van der Waals surface area contributed by atoms with Gasteiger partial charge in [-0.1, -0.05) is 6.92 Å². The first kappa shape index (κ1) is 12.4. The van der Waals surface area contributed by atoms with Crippen LogP contribution in [0.4, 0.5) is 0 Å². The van der Waals surface area contributed by atoms with E-state index in [1.807, 2.05) is 0 Å². The van der Waals surface area contributed by atoms with Crippen molar-refractivity contribution in [2.45, 2.75) is 26.3 Å². The molecule has 1 aromatic heterocycles. The zero-order chi connectivity index (χ0) is 13.2. The van der Waals surface area contributed by atoms with Gasteiger partial charge in [-0.2, -0.15) is 0 Å². The molecule has 0 radical (unpaired) electrons. The number of fused-ring (bicyclic) bond motifs is 2. The molecule has 0 atom stereocenters. The Morgan fingerprint density at radius 1 is 1.21 bits per heavy atom. The van der Waals surface area contributed by atoms with Crippen molar-refractivity contribution >= 4 is 10.9 Å². The lowest BCUT2D eigenvalue weighted by atomic mass is 10.1. The normalized spacial score (nSPS) is 14.0. The molecular weight excluding hydrogens is 242 g/mol. The zero-order valence-electron chi connectivity index (χ0n) is 11.2. The van der Waals surface area contributed by atoms with Crippen LogP contribution < -0.4 is 9.47 Å². The highest BCUT2D eigenvalue weighted by atomic mass is 16.6. The average Bonchev–Trinajstić information content (AvgIpc) is 2.80. The van der Waals surface area contributed by atoms with E-state index in [-0.39, 0.29) is 6.61 Å². The molecule has 1 aromatic carbocycles. The first-order chi connectivity index (χ1) is 9.33. The Morgan fingerprint density at radius 2 is 1.95 bits per heavy atom. The molecule has 2 heterocycles. The van der Waals surface area contributed by atoms with E-state index in [0.29, 0.717) is 13.2 Å². The Bertz CT molecular complexity index is 589. The molecule has 1 N–H and O–H groups in total. The number of aromatic nitrogens is 1. The van der Waals surface area contributed by atoms with Crippen LogP contribution in [0.1, 0.15) is 18.9 Å². The highest BCUT2D eigenvalue weighted by molar-refractivity contribution is 5.87. The van der Waals surface area contributed by atoms with Crippen LogP contribution in [0.25, 0.3) is 10.9 Å². The second-order valence-corrected chi connectivity index (χ2v) is 4.79.